The second-order valence-corrected chi connectivity index (χ2v) is 7.54. The molecule has 170 valence electrons. The van der Waals surface area contributed by atoms with Crippen LogP contribution < -0.4 is 10.1 Å². The van der Waals surface area contributed by atoms with Crippen molar-refractivity contribution in [3.63, 3.8) is 0 Å². The van der Waals surface area contributed by atoms with Gasteiger partial charge in [-0.3, -0.25) is 4.79 Å². The smallest absolute Gasteiger partial charge is 0.503 e. The summed E-state index contributed by atoms with van der Waals surface area (Å²) in [5, 5.41) is 37.8. The SMILES string of the molecule is N#Cc1nc(C(=O)NCC2CCCC2)c(O)c2ccc(Oc3ccccc3)cc12.O=C(O)O. The second-order valence-electron chi connectivity index (χ2n) is 7.54. The summed E-state index contributed by atoms with van der Waals surface area (Å²) >= 11 is 0. The number of carbonyl (C=O) groups is 2. The van der Waals surface area contributed by atoms with Crippen LogP contribution >= 0.6 is 0 Å². The van der Waals surface area contributed by atoms with Crippen molar-refractivity contribution in [1.82, 2.24) is 10.3 Å². The molecule has 0 bridgehead atoms. The molecule has 1 heterocycles. The van der Waals surface area contributed by atoms with Crippen LogP contribution in [0.3, 0.4) is 0 Å². The third-order valence-corrected chi connectivity index (χ3v) is 5.28. The molecule has 0 spiro atoms. The predicted molar refractivity (Wildman–Crippen MR) is 120 cm³/mol. The Kier molecular flexibility index (Phi) is 7.65. The van der Waals surface area contributed by atoms with Crippen molar-refractivity contribution in [3.8, 4) is 23.3 Å². The largest absolute Gasteiger partial charge is 0.505 e. The number of aromatic nitrogens is 1. The Bertz CT molecular complexity index is 1180. The number of hydrogen-bond acceptors (Lipinski definition) is 6. The zero-order valence-corrected chi connectivity index (χ0v) is 17.7. The molecular formula is C24H23N3O6. The van der Waals surface area contributed by atoms with Crippen LogP contribution in [0.1, 0.15) is 41.9 Å². The summed E-state index contributed by atoms with van der Waals surface area (Å²) in [6.45, 7) is 0.559. The molecule has 1 fully saturated rings. The number of benzene rings is 2. The first kappa shape index (κ1) is 23.3. The van der Waals surface area contributed by atoms with Gasteiger partial charge in [-0.15, -0.1) is 0 Å². The molecule has 0 atom stereocenters. The van der Waals surface area contributed by atoms with Crippen LogP contribution in [-0.4, -0.2) is 38.9 Å². The van der Waals surface area contributed by atoms with E-state index in [1.165, 1.54) is 12.8 Å². The molecule has 33 heavy (non-hydrogen) atoms. The number of fused-ring (bicyclic) bond motifs is 1. The molecule has 1 saturated carbocycles. The van der Waals surface area contributed by atoms with Gasteiger partial charge >= 0.3 is 6.16 Å². The number of para-hydroxylation sites is 1. The van der Waals surface area contributed by atoms with Crippen LogP contribution in [0, 0.1) is 17.2 Å². The van der Waals surface area contributed by atoms with Gasteiger partial charge in [0.2, 0.25) is 0 Å². The number of carboxylic acid groups (broad SMARTS) is 2. The fraction of sp³-hybridized carbons (Fsp3) is 0.250. The Labute approximate surface area is 189 Å². The Balaban J connectivity index is 0.000000709. The number of hydrogen-bond donors (Lipinski definition) is 4. The van der Waals surface area contributed by atoms with E-state index >= 15 is 0 Å². The lowest BCUT2D eigenvalue weighted by molar-refractivity contribution is 0.0939. The van der Waals surface area contributed by atoms with Crippen molar-refractivity contribution in [2.75, 3.05) is 6.54 Å². The molecule has 0 saturated heterocycles. The van der Waals surface area contributed by atoms with Gasteiger partial charge < -0.3 is 25.4 Å². The molecule has 0 unspecified atom stereocenters. The first-order valence-electron chi connectivity index (χ1n) is 10.4. The van der Waals surface area contributed by atoms with Gasteiger partial charge in [0.05, 0.1) is 0 Å². The Morgan fingerprint density at radius 2 is 1.73 bits per heavy atom. The molecule has 4 rings (SSSR count). The molecule has 1 aliphatic rings. The standard InChI is InChI=1S/C23H21N3O3.CH2O3/c24-13-20-19-12-17(29-16-8-2-1-3-9-16)10-11-18(19)22(27)21(26-20)23(28)25-14-15-6-4-5-7-15;2-1(3)4/h1-3,8-12,15,27H,4-7,14H2,(H,25,28);(H2,2,3,4). The van der Waals surface area contributed by atoms with E-state index in [0.717, 1.165) is 12.8 Å². The fourth-order valence-corrected chi connectivity index (χ4v) is 3.75. The van der Waals surface area contributed by atoms with Crippen LogP contribution in [-0.2, 0) is 0 Å². The fourth-order valence-electron chi connectivity index (χ4n) is 3.75. The van der Waals surface area contributed by atoms with Crippen molar-refractivity contribution in [3.05, 3.63) is 59.9 Å². The van der Waals surface area contributed by atoms with E-state index in [-0.39, 0.29) is 17.1 Å². The van der Waals surface area contributed by atoms with E-state index in [4.69, 9.17) is 19.7 Å². The zero-order chi connectivity index (χ0) is 23.8. The quantitative estimate of drug-likeness (QED) is 0.435. The van der Waals surface area contributed by atoms with Gasteiger partial charge in [-0.2, -0.15) is 5.26 Å². The summed E-state index contributed by atoms with van der Waals surface area (Å²) in [4.78, 5) is 25.3. The first-order chi connectivity index (χ1) is 15.9. The summed E-state index contributed by atoms with van der Waals surface area (Å²) in [6, 6.07) is 16.3. The number of nitrogens with one attached hydrogen (secondary N) is 1. The topological polar surface area (TPSA) is 153 Å². The maximum Gasteiger partial charge on any atom is 0.503 e. The van der Waals surface area contributed by atoms with E-state index in [1.807, 2.05) is 36.4 Å². The van der Waals surface area contributed by atoms with E-state index in [0.29, 0.717) is 34.7 Å². The lowest BCUT2D eigenvalue weighted by Crippen LogP contribution is -2.29. The van der Waals surface area contributed by atoms with E-state index in [1.54, 1.807) is 18.2 Å². The monoisotopic (exact) mass is 449 g/mol. The van der Waals surface area contributed by atoms with Crippen molar-refractivity contribution in [1.29, 1.82) is 5.26 Å². The summed E-state index contributed by atoms with van der Waals surface area (Å²) < 4.78 is 5.80. The number of ether oxygens (including phenoxy) is 1. The summed E-state index contributed by atoms with van der Waals surface area (Å²) in [5.41, 5.74) is -0.0499. The van der Waals surface area contributed by atoms with Crippen molar-refractivity contribution < 1.29 is 29.6 Å². The van der Waals surface area contributed by atoms with Crippen LogP contribution in [0.2, 0.25) is 0 Å². The molecule has 2 aromatic carbocycles. The Morgan fingerprint density at radius 3 is 2.36 bits per heavy atom. The minimum absolute atomic E-state index is 0.0716. The molecule has 3 aromatic rings. The molecular weight excluding hydrogens is 426 g/mol. The average Bonchev–Trinajstić information content (AvgIpc) is 3.32. The van der Waals surface area contributed by atoms with Crippen LogP contribution in [0.4, 0.5) is 4.79 Å². The van der Waals surface area contributed by atoms with Crippen molar-refractivity contribution in [2.24, 2.45) is 5.92 Å². The summed E-state index contributed by atoms with van der Waals surface area (Å²) in [6.07, 6.45) is 2.74. The lowest BCUT2D eigenvalue weighted by atomic mass is 10.1. The number of rotatable bonds is 5. The molecule has 0 aliphatic heterocycles. The summed E-state index contributed by atoms with van der Waals surface area (Å²) in [5.74, 6) is 0.951. The number of amides is 1. The Morgan fingerprint density at radius 1 is 1.06 bits per heavy atom. The highest BCUT2D eigenvalue weighted by atomic mass is 16.6. The third kappa shape index (κ3) is 6.11. The highest BCUT2D eigenvalue weighted by Crippen LogP contribution is 2.33. The minimum Gasteiger partial charge on any atom is -0.505 e. The molecule has 9 heteroatoms. The number of nitrogens with zero attached hydrogens (tertiary/aromatic N) is 2. The molecule has 1 aliphatic carbocycles. The van der Waals surface area contributed by atoms with Crippen LogP contribution in [0.5, 0.6) is 17.2 Å². The first-order valence-corrected chi connectivity index (χ1v) is 10.4. The van der Waals surface area contributed by atoms with Crippen molar-refractivity contribution in [2.45, 2.75) is 25.7 Å². The number of pyridine rings is 1. The van der Waals surface area contributed by atoms with Crippen LogP contribution in [0.25, 0.3) is 10.8 Å². The van der Waals surface area contributed by atoms with E-state index < -0.39 is 12.1 Å². The molecule has 9 nitrogen and oxygen atoms in total. The van der Waals surface area contributed by atoms with Crippen molar-refractivity contribution >= 4 is 22.8 Å². The highest BCUT2D eigenvalue weighted by Gasteiger charge is 2.21. The molecule has 0 radical (unpaired) electrons. The van der Waals surface area contributed by atoms with Gasteiger partial charge in [0.1, 0.15) is 23.3 Å². The second kappa shape index (κ2) is 10.8. The number of aromatic hydroxyl groups is 1. The lowest BCUT2D eigenvalue weighted by Gasteiger charge is -2.13. The minimum atomic E-state index is -1.83. The normalized spacial score (nSPS) is 12.9. The van der Waals surface area contributed by atoms with E-state index in [2.05, 4.69) is 10.3 Å². The van der Waals surface area contributed by atoms with Gasteiger partial charge in [-0.05, 0) is 49.1 Å². The number of carbonyl (C=O) groups excluding carboxylic acids is 1. The molecule has 1 amide bonds. The van der Waals surface area contributed by atoms with E-state index in [9.17, 15) is 15.2 Å². The third-order valence-electron chi connectivity index (χ3n) is 5.28. The Hall–Kier alpha value is -4.32. The average molecular weight is 449 g/mol. The zero-order valence-electron chi connectivity index (χ0n) is 17.7. The number of nitriles is 1. The predicted octanol–water partition coefficient (Wildman–Crippen LogP) is 4.75. The maximum absolute atomic E-state index is 12.6. The van der Waals surface area contributed by atoms with Gasteiger partial charge in [-0.1, -0.05) is 31.0 Å². The maximum atomic E-state index is 12.6. The van der Waals surface area contributed by atoms with Crippen LogP contribution in [0.15, 0.2) is 48.5 Å². The molecule has 4 N–H and O–H groups in total. The summed E-state index contributed by atoms with van der Waals surface area (Å²) in [7, 11) is 0. The van der Waals surface area contributed by atoms with Gasteiger partial charge in [0.25, 0.3) is 5.91 Å². The highest BCUT2D eigenvalue weighted by molar-refractivity contribution is 6.03. The van der Waals surface area contributed by atoms with Gasteiger partial charge in [0.15, 0.2) is 11.4 Å². The molecule has 1 aromatic heterocycles. The van der Waals surface area contributed by atoms with Gasteiger partial charge in [-0.25, -0.2) is 9.78 Å². The van der Waals surface area contributed by atoms with Gasteiger partial charge in [0, 0.05) is 17.3 Å².